The molecule has 0 saturated heterocycles. The van der Waals surface area contributed by atoms with E-state index < -0.39 is 0 Å². The zero-order valence-corrected chi connectivity index (χ0v) is 11.4. The summed E-state index contributed by atoms with van der Waals surface area (Å²) in [6, 6.07) is 8.36. The second-order valence-corrected chi connectivity index (χ2v) is 2.08. The summed E-state index contributed by atoms with van der Waals surface area (Å²) < 4.78 is 0. The summed E-state index contributed by atoms with van der Waals surface area (Å²) >= 11 is 0. The summed E-state index contributed by atoms with van der Waals surface area (Å²) in [4.78, 5) is 0. The maximum atomic E-state index is 2.12. The molecule has 12 heavy (non-hydrogen) atoms. The van der Waals surface area contributed by atoms with Crippen molar-refractivity contribution in [1.29, 1.82) is 0 Å². The molecule has 0 nitrogen and oxygen atoms in total. The van der Waals surface area contributed by atoms with Crippen LogP contribution < -0.4 is 0 Å². The Morgan fingerprint density at radius 3 is 1.25 bits per heavy atom. The second kappa shape index (κ2) is 10.9. The number of aryl methyl sites for hydroxylation is 2. The molecule has 1 radical (unpaired) electrons. The average molecular weight is 337 g/mol. The van der Waals surface area contributed by atoms with E-state index in [1.165, 1.54) is 11.1 Å². The van der Waals surface area contributed by atoms with Gasteiger partial charge in [0.05, 0.1) is 0 Å². The Labute approximate surface area is 91.0 Å². The molecule has 71 valence electrons. The summed E-state index contributed by atoms with van der Waals surface area (Å²) in [7, 11) is 0. The largest absolute Gasteiger partial charge is 0.358 e. The molecule has 0 saturated carbocycles. The first kappa shape index (κ1) is 17.8. The molecule has 1 rings (SSSR count). The Balaban J connectivity index is -0.000000189. The van der Waals surface area contributed by atoms with E-state index in [1.54, 1.807) is 0 Å². The maximum absolute atomic E-state index is 2.12. The fourth-order valence-corrected chi connectivity index (χ4v) is 0.663. The summed E-state index contributed by atoms with van der Waals surface area (Å²) in [5.41, 5.74) is 2.74. The second-order valence-electron chi connectivity index (χ2n) is 2.08. The Bertz CT molecular complexity index is 161. The van der Waals surface area contributed by atoms with Gasteiger partial charge in [-0.1, -0.05) is 38.1 Å². The summed E-state index contributed by atoms with van der Waals surface area (Å²) in [6.45, 7) is 8.24. The molecular formula is C11H19Re-. The molecule has 0 heterocycles. The Morgan fingerprint density at radius 1 is 0.833 bits per heavy atom. The van der Waals surface area contributed by atoms with Crippen molar-refractivity contribution < 1.29 is 20.4 Å². The third-order valence-corrected chi connectivity index (χ3v) is 1.43. The Hall–Kier alpha value is -0.118. The molecule has 0 bridgehead atoms. The van der Waals surface area contributed by atoms with Crippen LogP contribution in [0.3, 0.4) is 0 Å². The predicted molar refractivity (Wildman–Crippen MR) is 53.7 cm³/mol. The van der Waals surface area contributed by atoms with Gasteiger partial charge in [-0.15, -0.1) is 0 Å². The third-order valence-electron chi connectivity index (χ3n) is 1.43. The average Bonchev–Trinajstić information content (AvgIpc) is 2.00. The number of hydrogen-bond acceptors (Lipinski definition) is 0. The smallest absolute Gasteiger partial charge is 0 e. The SMILES string of the molecule is CC.Cc1ccccc1C.[CH3-].[Re]. The fraction of sp³-hybridized carbons (Fsp3) is 0.364. The molecule has 0 atom stereocenters. The van der Waals surface area contributed by atoms with E-state index in [0.717, 1.165) is 0 Å². The van der Waals surface area contributed by atoms with E-state index in [4.69, 9.17) is 0 Å². The topological polar surface area (TPSA) is 0 Å². The minimum Gasteiger partial charge on any atom is -0.358 e. The molecular weight excluding hydrogens is 318 g/mol. The van der Waals surface area contributed by atoms with Crippen LogP contribution in [0.4, 0.5) is 0 Å². The predicted octanol–water partition coefficient (Wildman–Crippen LogP) is 3.78. The van der Waals surface area contributed by atoms with Gasteiger partial charge in [0, 0.05) is 20.4 Å². The fourth-order valence-electron chi connectivity index (χ4n) is 0.663. The molecule has 1 heteroatoms. The third kappa shape index (κ3) is 6.58. The van der Waals surface area contributed by atoms with Gasteiger partial charge in [0.1, 0.15) is 0 Å². The van der Waals surface area contributed by atoms with E-state index in [2.05, 4.69) is 38.1 Å². The minimum atomic E-state index is 0. The Kier molecular flexibility index (Phi) is 16.2. The maximum Gasteiger partial charge on any atom is 0 e. The van der Waals surface area contributed by atoms with Crippen molar-refractivity contribution in [2.24, 2.45) is 0 Å². The van der Waals surface area contributed by atoms with E-state index >= 15 is 0 Å². The summed E-state index contributed by atoms with van der Waals surface area (Å²) in [6.07, 6.45) is 0. The van der Waals surface area contributed by atoms with Crippen molar-refractivity contribution >= 4 is 0 Å². The summed E-state index contributed by atoms with van der Waals surface area (Å²) in [5.74, 6) is 0. The molecule has 1 aromatic rings. The van der Waals surface area contributed by atoms with Crippen LogP contribution in [0.15, 0.2) is 24.3 Å². The Morgan fingerprint density at radius 2 is 1.08 bits per heavy atom. The molecule has 1 aromatic carbocycles. The molecule has 0 aliphatic carbocycles. The monoisotopic (exact) mass is 338 g/mol. The zero-order valence-electron chi connectivity index (χ0n) is 8.69. The van der Waals surface area contributed by atoms with Crippen LogP contribution in [0.1, 0.15) is 25.0 Å². The van der Waals surface area contributed by atoms with Crippen molar-refractivity contribution in [2.45, 2.75) is 27.7 Å². The van der Waals surface area contributed by atoms with Crippen molar-refractivity contribution in [1.82, 2.24) is 0 Å². The molecule has 0 unspecified atom stereocenters. The van der Waals surface area contributed by atoms with Crippen LogP contribution in [-0.4, -0.2) is 0 Å². The van der Waals surface area contributed by atoms with Crippen LogP contribution in [0, 0.1) is 21.3 Å². The molecule has 0 aliphatic heterocycles. The molecule has 0 spiro atoms. The summed E-state index contributed by atoms with van der Waals surface area (Å²) in [5, 5.41) is 0. The number of rotatable bonds is 0. The van der Waals surface area contributed by atoms with Crippen molar-refractivity contribution in [3.63, 3.8) is 0 Å². The standard InChI is InChI=1S/C8H10.C2H6.CH3.Re/c1-7-5-3-4-6-8(7)2;1-2;;/h3-6H,1-2H3;1-2H3;1H3;/q;;-1;. The normalized spacial score (nSPS) is 6.67. The first-order chi connectivity index (χ1) is 4.80. The quantitative estimate of drug-likeness (QED) is 0.632. The van der Waals surface area contributed by atoms with Crippen LogP contribution in [0.2, 0.25) is 0 Å². The van der Waals surface area contributed by atoms with Crippen LogP contribution in [0.5, 0.6) is 0 Å². The van der Waals surface area contributed by atoms with Crippen molar-refractivity contribution in [3.05, 3.63) is 42.8 Å². The molecule has 0 aliphatic rings. The first-order valence-electron chi connectivity index (χ1n) is 3.83. The number of benzene rings is 1. The van der Waals surface area contributed by atoms with Gasteiger partial charge < -0.3 is 7.43 Å². The van der Waals surface area contributed by atoms with Gasteiger partial charge in [-0.05, 0) is 25.0 Å². The van der Waals surface area contributed by atoms with Gasteiger partial charge in [0.2, 0.25) is 0 Å². The van der Waals surface area contributed by atoms with Crippen molar-refractivity contribution in [2.75, 3.05) is 0 Å². The van der Waals surface area contributed by atoms with Gasteiger partial charge in [-0.25, -0.2) is 0 Å². The first-order valence-corrected chi connectivity index (χ1v) is 3.83. The molecule has 0 N–H and O–H groups in total. The van der Waals surface area contributed by atoms with Gasteiger partial charge in [-0.3, -0.25) is 0 Å². The molecule has 0 amide bonds. The van der Waals surface area contributed by atoms with Gasteiger partial charge >= 0.3 is 0 Å². The van der Waals surface area contributed by atoms with Gasteiger partial charge in [0.25, 0.3) is 0 Å². The zero-order chi connectivity index (χ0) is 7.98. The van der Waals surface area contributed by atoms with E-state index in [9.17, 15) is 0 Å². The van der Waals surface area contributed by atoms with E-state index in [0.29, 0.717) is 0 Å². The molecule has 0 aromatic heterocycles. The van der Waals surface area contributed by atoms with Gasteiger partial charge in [-0.2, -0.15) is 0 Å². The van der Waals surface area contributed by atoms with E-state index in [1.807, 2.05) is 13.8 Å². The van der Waals surface area contributed by atoms with Crippen LogP contribution in [0.25, 0.3) is 0 Å². The van der Waals surface area contributed by atoms with Crippen LogP contribution >= 0.6 is 0 Å². The van der Waals surface area contributed by atoms with Crippen molar-refractivity contribution in [3.8, 4) is 0 Å². The van der Waals surface area contributed by atoms with E-state index in [-0.39, 0.29) is 27.8 Å². The minimum absolute atomic E-state index is 0. The van der Waals surface area contributed by atoms with Crippen LogP contribution in [-0.2, 0) is 20.4 Å². The van der Waals surface area contributed by atoms with Gasteiger partial charge in [0.15, 0.2) is 0 Å². The molecule has 0 fully saturated rings. The number of hydrogen-bond donors (Lipinski definition) is 0.